The third kappa shape index (κ3) is 4.50. The molecule has 0 amide bonds. The lowest BCUT2D eigenvalue weighted by molar-refractivity contribution is 0.626. The number of nitrogens with zero attached hydrogens (tertiary/aromatic N) is 2. The lowest BCUT2D eigenvalue weighted by Gasteiger charge is -2.04. The van der Waals surface area contributed by atoms with Gasteiger partial charge in [-0.2, -0.15) is 5.10 Å². The molecule has 23 heavy (non-hydrogen) atoms. The molecule has 0 aliphatic rings. The molecule has 1 aromatic heterocycles. The third-order valence-electron chi connectivity index (χ3n) is 3.56. The number of benzene rings is 2. The average molecular weight is 374 g/mol. The fraction of sp³-hybridized carbons (Fsp3) is 0.167. The maximum absolute atomic E-state index is 12.8. The zero-order valence-electron chi connectivity index (χ0n) is 12.5. The Bertz CT molecular complexity index is 751. The van der Waals surface area contributed by atoms with E-state index >= 15 is 0 Å². The van der Waals surface area contributed by atoms with Crippen molar-refractivity contribution in [1.29, 1.82) is 0 Å². The van der Waals surface area contributed by atoms with Gasteiger partial charge in [-0.05, 0) is 54.9 Å². The summed E-state index contributed by atoms with van der Waals surface area (Å²) in [5.74, 6) is -0.193. The first-order chi connectivity index (χ1) is 11.2. The molecule has 118 valence electrons. The zero-order valence-corrected chi connectivity index (χ0v) is 14.1. The van der Waals surface area contributed by atoms with Gasteiger partial charge in [0.1, 0.15) is 5.82 Å². The van der Waals surface area contributed by atoms with Crippen molar-refractivity contribution in [3.05, 3.63) is 82.3 Å². The first-order valence-electron chi connectivity index (χ1n) is 7.45. The molecule has 5 heteroatoms. The quantitative estimate of drug-likeness (QED) is 0.659. The van der Waals surface area contributed by atoms with E-state index in [9.17, 15) is 4.39 Å². The van der Waals surface area contributed by atoms with Gasteiger partial charge in [0.15, 0.2) is 0 Å². The van der Waals surface area contributed by atoms with Crippen LogP contribution in [0.4, 0.5) is 4.39 Å². The largest absolute Gasteiger partial charge is 0.312 e. The number of hydrogen-bond acceptors (Lipinski definition) is 2. The van der Waals surface area contributed by atoms with E-state index in [2.05, 4.69) is 26.3 Å². The maximum Gasteiger partial charge on any atom is 0.123 e. The molecule has 0 bridgehead atoms. The first-order valence-corrected chi connectivity index (χ1v) is 8.25. The topological polar surface area (TPSA) is 29.9 Å². The molecule has 3 rings (SSSR count). The van der Waals surface area contributed by atoms with Crippen LogP contribution < -0.4 is 5.32 Å². The molecule has 3 aromatic rings. The smallest absolute Gasteiger partial charge is 0.123 e. The monoisotopic (exact) mass is 373 g/mol. The summed E-state index contributed by atoms with van der Waals surface area (Å²) in [6, 6.07) is 14.7. The van der Waals surface area contributed by atoms with E-state index in [4.69, 9.17) is 0 Å². The Hall–Kier alpha value is -1.98. The van der Waals surface area contributed by atoms with Gasteiger partial charge in [-0.1, -0.05) is 28.1 Å². The number of halogens is 2. The van der Waals surface area contributed by atoms with Gasteiger partial charge in [0.2, 0.25) is 0 Å². The highest BCUT2D eigenvalue weighted by atomic mass is 79.9. The second kappa shape index (κ2) is 7.53. The number of hydrogen-bond donors (Lipinski definition) is 1. The minimum Gasteiger partial charge on any atom is -0.312 e. The molecule has 0 aliphatic carbocycles. The summed E-state index contributed by atoms with van der Waals surface area (Å²) in [5, 5.41) is 7.77. The summed E-state index contributed by atoms with van der Waals surface area (Å²) in [6.07, 6.45) is 4.77. The van der Waals surface area contributed by atoms with Crippen molar-refractivity contribution in [3.8, 4) is 5.69 Å². The lowest BCUT2D eigenvalue weighted by Crippen LogP contribution is -2.16. The molecule has 0 saturated heterocycles. The Morgan fingerprint density at radius 3 is 2.48 bits per heavy atom. The van der Waals surface area contributed by atoms with Crippen molar-refractivity contribution in [3.63, 3.8) is 0 Å². The highest BCUT2D eigenvalue weighted by molar-refractivity contribution is 9.10. The minimum atomic E-state index is -0.193. The van der Waals surface area contributed by atoms with E-state index in [1.807, 2.05) is 53.5 Å². The van der Waals surface area contributed by atoms with Gasteiger partial charge in [-0.15, -0.1) is 0 Å². The maximum atomic E-state index is 12.8. The van der Waals surface area contributed by atoms with Crippen LogP contribution in [-0.4, -0.2) is 16.3 Å². The van der Waals surface area contributed by atoms with Crippen molar-refractivity contribution in [2.45, 2.75) is 13.0 Å². The van der Waals surface area contributed by atoms with Crippen molar-refractivity contribution in [2.75, 3.05) is 6.54 Å². The fourth-order valence-electron chi connectivity index (χ4n) is 2.30. The van der Waals surface area contributed by atoms with E-state index in [-0.39, 0.29) is 5.82 Å². The molecule has 3 nitrogen and oxygen atoms in total. The molecule has 0 aliphatic heterocycles. The minimum absolute atomic E-state index is 0.193. The van der Waals surface area contributed by atoms with Crippen LogP contribution in [0, 0.1) is 5.82 Å². The fourth-order valence-corrected chi connectivity index (χ4v) is 2.57. The molecular formula is C18H17BrFN3. The van der Waals surface area contributed by atoms with Gasteiger partial charge < -0.3 is 5.32 Å². The van der Waals surface area contributed by atoms with E-state index in [1.54, 1.807) is 0 Å². The molecule has 0 fully saturated rings. The SMILES string of the molecule is Fc1ccc(CCNCc2cnn(-c3ccc(Br)cc3)c2)cc1. The van der Waals surface area contributed by atoms with Gasteiger partial charge in [0, 0.05) is 22.8 Å². The van der Waals surface area contributed by atoms with Crippen molar-refractivity contribution in [1.82, 2.24) is 15.1 Å². The van der Waals surface area contributed by atoms with Crippen LogP contribution in [0.3, 0.4) is 0 Å². The van der Waals surface area contributed by atoms with Gasteiger partial charge in [0.25, 0.3) is 0 Å². The second-order valence-electron chi connectivity index (χ2n) is 5.32. The average Bonchev–Trinajstić information content (AvgIpc) is 3.03. The van der Waals surface area contributed by atoms with E-state index in [1.165, 1.54) is 12.1 Å². The van der Waals surface area contributed by atoms with Gasteiger partial charge in [-0.3, -0.25) is 0 Å². The second-order valence-corrected chi connectivity index (χ2v) is 6.24. The van der Waals surface area contributed by atoms with E-state index in [0.717, 1.165) is 40.8 Å². The van der Waals surface area contributed by atoms with Crippen LogP contribution >= 0.6 is 15.9 Å². The Balaban J connectivity index is 1.49. The van der Waals surface area contributed by atoms with Crippen molar-refractivity contribution in [2.24, 2.45) is 0 Å². The van der Waals surface area contributed by atoms with Gasteiger partial charge in [-0.25, -0.2) is 9.07 Å². The molecule has 1 N–H and O–H groups in total. The molecule has 0 radical (unpaired) electrons. The van der Waals surface area contributed by atoms with Crippen molar-refractivity contribution >= 4 is 15.9 Å². The van der Waals surface area contributed by atoms with Gasteiger partial charge in [0.05, 0.1) is 11.9 Å². The number of rotatable bonds is 6. The van der Waals surface area contributed by atoms with Crippen molar-refractivity contribution < 1.29 is 4.39 Å². The van der Waals surface area contributed by atoms with E-state index in [0.29, 0.717) is 0 Å². The lowest BCUT2D eigenvalue weighted by atomic mass is 10.1. The Kier molecular flexibility index (Phi) is 5.20. The van der Waals surface area contributed by atoms with E-state index < -0.39 is 0 Å². The number of aromatic nitrogens is 2. The molecule has 1 heterocycles. The Labute approximate surface area is 143 Å². The van der Waals surface area contributed by atoms with Crippen LogP contribution in [0.25, 0.3) is 5.69 Å². The summed E-state index contributed by atoms with van der Waals surface area (Å²) in [7, 11) is 0. The summed E-state index contributed by atoms with van der Waals surface area (Å²) >= 11 is 3.43. The molecule has 0 spiro atoms. The highest BCUT2D eigenvalue weighted by Crippen LogP contribution is 2.14. The van der Waals surface area contributed by atoms with Crippen LogP contribution in [0.5, 0.6) is 0 Å². The summed E-state index contributed by atoms with van der Waals surface area (Å²) < 4.78 is 15.7. The number of nitrogens with one attached hydrogen (secondary N) is 1. The summed E-state index contributed by atoms with van der Waals surface area (Å²) in [6.45, 7) is 1.60. The van der Waals surface area contributed by atoms with Crippen LogP contribution in [0.1, 0.15) is 11.1 Å². The molecule has 0 saturated carbocycles. The highest BCUT2D eigenvalue weighted by Gasteiger charge is 2.01. The molecule has 0 atom stereocenters. The molecular weight excluding hydrogens is 357 g/mol. The zero-order chi connectivity index (χ0) is 16.1. The molecule has 0 unspecified atom stereocenters. The predicted octanol–water partition coefficient (Wildman–Crippen LogP) is 4.11. The Morgan fingerprint density at radius 1 is 1.00 bits per heavy atom. The normalized spacial score (nSPS) is 10.9. The Morgan fingerprint density at radius 2 is 1.74 bits per heavy atom. The van der Waals surface area contributed by atoms with Gasteiger partial charge >= 0.3 is 0 Å². The third-order valence-corrected chi connectivity index (χ3v) is 4.09. The van der Waals surface area contributed by atoms with Crippen LogP contribution in [0.2, 0.25) is 0 Å². The molecule has 2 aromatic carbocycles. The standard InChI is InChI=1S/C18H17BrFN3/c19-16-3-7-18(8-4-16)23-13-15(12-22-23)11-21-10-9-14-1-5-17(20)6-2-14/h1-8,12-13,21H,9-11H2. The predicted molar refractivity (Wildman–Crippen MR) is 93.1 cm³/mol. The first kappa shape index (κ1) is 15.9. The van der Waals surface area contributed by atoms with Crippen LogP contribution in [0.15, 0.2) is 65.4 Å². The van der Waals surface area contributed by atoms with Crippen LogP contribution in [-0.2, 0) is 13.0 Å². The summed E-state index contributed by atoms with van der Waals surface area (Å²) in [4.78, 5) is 0. The summed E-state index contributed by atoms with van der Waals surface area (Å²) in [5.41, 5.74) is 3.29.